The smallest absolute Gasteiger partial charge is 0.191 e. The van der Waals surface area contributed by atoms with E-state index in [0.29, 0.717) is 0 Å². The molecule has 3 nitrogen and oxygen atoms in total. The molecule has 0 aliphatic rings. The Kier molecular flexibility index (Phi) is 4.41. The largest absolute Gasteiger partial charge is 0.324 e. The number of rotatable bonds is 1. The van der Waals surface area contributed by atoms with Crippen LogP contribution in [0.1, 0.15) is 12.6 Å². The summed E-state index contributed by atoms with van der Waals surface area (Å²) in [6, 6.07) is 0. The number of hydrogen-bond acceptors (Lipinski definition) is 3. The van der Waals surface area contributed by atoms with Crippen LogP contribution in [0.5, 0.6) is 0 Å². The molecule has 0 saturated heterocycles. The Balaban J connectivity index is 3.08. The topological polar surface area (TPSA) is 29.6 Å². The van der Waals surface area contributed by atoms with Crippen molar-refractivity contribution in [2.24, 2.45) is 17.0 Å². The van der Waals surface area contributed by atoms with Crippen LogP contribution in [0.15, 0.2) is 15.4 Å². The number of hydrogen-bond donors (Lipinski definition) is 0. The van der Waals surface area contributed by atoms with Crippen molar-refractivity contribution in [1.29, 1.82) is 0 Å². The Morgan fingerprint density at radius 1 is 1.64 bits per heavy atom. The predicted molar refractivity (Wildman–Crippen MR) is 65.1 cm³/mol. The third-order valence-corrected chi connectivity index (χ3v) is 3.44. The van der Waals surface area contributed by atoms with Crippen LogP contribution in [0.25, 0.3) is 0 Å². The zero-order valence-electron chi connectivity index (χ0n) is 8.94. The molecule has 0 atom stereocenters. The molecule has 1 aromatic rings. The van der Waals surface area contributed by atoms with E-state index in [1.807, 2.05) is 20.2 Å². The van der Waals surface area contributed by atoms with Gasteiger partial charge in [0, 0.05) is 24.7 Å². The lowest BCUT2D eigenvalue weighted by molar-refractivity contribution is 0.838. The van der Waals surface area contributed by atoms with Crippen molar-refractivity contribution in [3.63, 3.8) is 0 Å². The van der Waals surface area contributed by atoms with Crippen molar-refractivity contribution >= 4 is 28.3 Å². The molecule has 1 heterocycles. The molecular weight excluding hydrogens is 214 g/mol. The summed E-state index contributed by atoms with van der Waals surface area (Å²) in [6.45, 7) is 4.88. The van der Waals surface area contributed by atoms with Gasteiger partial charge in [-0.05, 0) is 20.1 Å². The van der Waals surface area contributed by atoms with Crippen LogP contribution in [-0.2, 0) is 7.05 Å². The van der Waals surface area contributed by atoms with Crippen molar-refractivity contribution in [2.75, 3.05) is 12.8 Å². The van der Waals surface area contributed by atoms with E-state index in [0.717, 1.165) is 16.5 Å². The van der Waals surface area contributed by atoms with Crippen molar-refractivity contribution in [2.45, 2.75) is 13.8 Å². The van der Waals surface area contributed by atoms with E-state index in [1.165, 1.54) is 5.69 Å². The molecule has 0 amide bonds. The van der Waals surface area contributed by atoms with Crippen LogP contribution >= 0.6 is 23.1 Å². The fraction of sp³-hybridized carbons (Fsp3) is 0.556. The fourth-order valence-corrected chi connectivity index (χ4v) is 2.28. The Hall–Kier alpha value is -0.550. The first-order valence-corrected chi connectivity index (χ1v) is 6.53. The van der Waals surface area contributed by atoms with Gasteiger partial charge in [-0.25, -0.2) is 0 Å². The lowest BCUT2D eigenvalue weighted by Gasteiger charge is -1.96. The molecule has 0 unspecified atom stereocenters. The standard InChI is InChI=1S/C9H15N3S2/c1-5-10-8(13-4)11-9-12(3)7(2)6-14-9/h6H,5H2,1-4H3. The van der Waals surface area contributed by atoms with Gasteiger partial charge in [0.25, 0.3) is 0 Å². The molecular formula is C9H15N3S2. The van der Waals surface area contributed by atoms with E-state index < -0.39 is 0 Å². The molecule has 5 heteroatoms. The summed E-state index contributed by atoms with van der Waals surface area (Å²) >= 11 is 3.23. The van der Waals surface area contributed by atoms with Gasteiger partial charge in [0.05, 0.1) is 0 Å². The van der Waals surface area contributed by atoms with E-state index in [1.54, 1.807) is 23.1 Å². The molecule has 0 aliphatic heterocycles. The molecule has 14 heavy (non-hydrogen) atoms. The molecule has 0 fully saturated rings. The van der Waals surface area contributed by atoms with Crippen LogP contribution in [0.2, 0.25) is 0 Å². The van der Waals surface area contributed by atoms with Gasteiger partial charge >= 0.3 is 0 Å². The first-order chi connectivity index (χ1) is 6.69. The van der Waals surface area contributed by atoms with E-state index in [9.17, 15) is 0 Å². The minimum absolute atomic E-state index is 0.785. The van der Waals surface area contributed by atoms with Gasteiger partial charge in [-0.1, -0.05) is 11.8 Å². The van der Waals surface area contributed by atoms with Crippen LogP contribution < -0.4 is 4.80 Å². The monoisotopic (exact) mass is 229 g/mol. The molecule has 0 bridgehead atoms. The maximum absolute atomic E-state index is 4.48. The minimum atomic E-state index is 0.785. The summed E-state index contributed by atoms with van der Waals surface area (Å²) in [4.78, 5) is 9.78. The van der Waals surface area contributed by atoms with Crippen LogP contribution in [0, 0.1) is 6.92 Å². The molecule has 0 N–H and O–H groups in total. The Morgan fingerprint density at radius 2 is 2.36 bits per heavy atom. The normalized spacial score (nSPS) is 13.7. The average Bonchev–Trinajstić information content (AvgIpc) is 2.49. The van der Waals surface area contributed by atoms with E-state index in [4.69, 9.17) is 0 Å². The minimum Gasteiger partial charge on any atom is -0.324 e. The number of aromatic nitrogens is 1. The van der Waals surface area contributed by atoms with E-state index in [-0.39, 0.29) is 0 Å². The predicted octanol–water partition coefficient (Wildman–Crippen LogP) is 2.03. The Bertz CT molecular complexity index is 387. The van der Waals surface area contributed by atoms with Crippen molar-refractivity contribution in [3.8, 4) is 0 Å². The number of thiazole rings is 1. The zero-order chi connectivity index (χ0) is 10.6. The second kappa shape index (κ2) is 5.36. The summed E-state index contributed by atoms with van der Waals surface area (Å²) < 4.78 is 2.08. The number of amidine groups is 1. The first kappa shape index (κ1) is 11.5. The molecule has 0 spiro atoms. The highest BCUT2D eigenvalue weighted by atomic mass is 32.2. The third kappa shape index (κ3) is 2.72. The summed E-state index contributed by atoms with van der Waals surface area (Å²) in [5.41, 5.74) is 1.23. The second-order valence-corrected chi connectivity index (χ2v) is 4.40. The molecule has 78 valence electrons. The van der Waals surface area contributed by atoms with Gasteiger partial charge in [-0.15, -0.1) is 11.3 Å². The maximum atomic E-state index is 4.48. The quantitative estimate of drug-likeness (QED) is 0.535. The van der Waals surface area contributed by atoms with E-state index >= 15 is 0 Å². The lowest BCUT2D eigenvalue weighted by Crippen LogP contribution is -2.13. The maximum Gasteiger partial charge on any atom is 0.191 e. The van der Waals surface area contributed by atoms with Crippen molar-refractivity contribution < 1.29 is 0 Å². The molecule has 1 aromatic heterocycles. The third-order valence-electron chi connectivity index (χ3n) is 1.82. The van der Waals surface area contributed by atoms with Gasteiger partial charge in [-0.2, -0.15) is 4.99 Å². The van der Waals surface area contributed by atoms with Crippen LogP contribution in [-0.4, -0.2) is 22.5 Å². The molecule has 0 saturated carbocycles. The number of nitrogens with zero attached hydrogens (tertiary/aromatic N) is 3. The highest BCUT2D eigenvalue weighted by Gasteiger charge is 1.97. The number of aryl methyl sites for hydroxylation is 1. The molecule has 0 aromatic carbocycles. The van der Waals surface area contributed by atoms with Gasteiger partial charge < -0.3 is 4.57 Å². The van der Waals surface area contributed by atoms with Crippen molar-refractivity contribution in [3.05, 3.63) is 15.9 Å². The lowest BCUT2D eigenvalue weighted by atomic mass is 10.6. The summed E-state index contributed by atoms with van der Waals surface area (Å²) in [6.07, 6.45) is 2.00. The molecule has 0 radical (unpaired) electrons. The average molecular weight is 229 g/mol. The van der Waals surface area contributed by atoms with E-state index in [2.05, 4.69) is 26.9 Å². The van der Waals surface area contributed by atoms with Gasteiger partial charge in [0.1, 0.15) is 0 Å². The van der Waals surface area contributed by atoms with Crippen LogP contribution in [0.4, 0.5) is 0 Å². The Morgan fingerprint density at radius 3 is 2.79 bits per heavy atom. The highest BCUT2D eigenvalue weighted by Crippen LogP contribution is 2.01. The SMILES string of the molecule is CCN=C(N=c1scc(C)n1C)SC. The zero-order valence-corrected chi connectivity index (χ0v) is 10.6. The second-order valence-electron chi connectivity index (χ2n) is 2.79. The summed E-state index contributed by atoms with van der Waals surface area (Å²) in [5, 5.41) is 2.95. The van der Waals surface area contributed by atoms with Gasteiger partial charge in [-0.3, -0.25) is 4.99 Å². The highest BCUT2D eigenvalue weighted by molar-refractivity contribution is 8.13. The summed E-state index contributed by atoms with van der Waals surface area (Å²) in [7, 11) is 2.02. The summed E-state index contributed by atoms with van der Waals surface area (Å²) in [5.74, 6) is 0. The Labute approximate surface area is 92.6 Å². The van der Waals surface area contributed by atoms with Crippen molar-refractivity contribution in [1.82, 2.24) is 4.57 Å². The number of aliphatic imine (C=N–C) groups is 1. The van der Waals surface area contributed by atoms with Gasteiger partial charge in [0.15, 0.2) is 9.97 Å². The first-order valence-electron chi connectivity index (χ1n) is 4.43. The number of thioether (sulfide) groups is 1. The fourth-order valence-electron chi connectivity index (χ4n) is 0.911. The molecule has 0 aliphatic carbocycles. The molecule has 1 rings (SSSR count). The van der Waals surface area contributed by atoms with Crippen LogP contribution in [0.3, 0.4) is 0 Å². The van der Waals surface area contributed by atoms with Gasteiger partial charge in [0.2, 0.25) is 0 Å².